The summed E-state index contributed by atoms with van der Waals surface area (Å²) in [6, 6.07) is 3.08. The summed E-state index contributed by atoms with van der Waals surface area (Å²) < 4.78 is 10.2. The summed E-state index contributed by atoms with van der Waals surface area (Å²) in [6.07, 6.45) is 6.30. The Morgan fingerprint density at radius 1 is 1.22 bits per heavy atom. The van der Waals surface area contributed by atoms with Crippen LogP contribution in [0.15, 0.2) is 29.4 Å². The van der Waals surface area contributed by atoms with Crippen LogP contribution in [-0.2, 0) is 14.4 Å². The number of nitrogens with zero attached hydrogens (tertiary/aromatic N) is 2. The summed E-state index contributed by atoms with van der Waals surface area (Å²) in [5, 5.41) is 5.22. The van der Waals surface area contributed by atoms with E-state index in [9.17, 15) is 14.4 Å². The molecule has 27 heavy (non-hydrogen) atoms. The number of imide groups is 1. The van der Waals surface area contributed by atoms with Crippen molar-refractivity contribution in [2.45, 2.75) is 13.3 Å². The van der Waals surface area contributed by atoms with Gasteiger partial charge in [-0.1, -0.05) is 23.8 Å². The molecule has 0 N–H and O–H groups in total. The zero-order valence-electron chi connectivity index (χ0n) is 14.7. The third-order valence-electron chi connectivity index (χ3n) is 5.27. The van der Waals surface area contributed by atoms with Crippen LogP contribution in [0.1, 0.15) is 18.9 Å². The molecule has 8 heteroatoms. The lowest BCUT2D eigenvalue weighted by Crippen LogP contribution is -2.28. The van der Waals surface area contributed by atoms with Crippen LogP contribution in [0.3, 0.4) is 0 Å². The normalized spacial score (nSPS) is 28.3. The largest absolute Gasteiger partial charge is 0.493 e. The highest BCUT2D eigenvalue weighted by Crippen LogP contribution is 2.52. The standard InChI is InChI=1S/C19H17ClN2O5/c1-9(23)27-17-13(20)5-10(6-14(17)26-2)8-21-22-18(24)15-11-3-4-12(7-11)16(15)19(22)25/h3-6,8,11-12,15-16H,7H2,1-2H3. The monoisotopic (exact) mass is 388 g/mol. The fourth-order valence-corrected chi connectivity index (χ4v) is 4.44. The molecule has 2 fully saturated rings. The summed E-state index contributed by atoms with van der Waals surface area (Å²) in [4.78, 5) is 36.4. The Bertz CT molecular complexity index is 880. The maximum absolute atomic E-state index is 12.6. The van der Waals surface area contributed by atoms with Crippen molar-refractivity contribution in [3.05, 3.63) is 34.9 Å². The summed E-state index contributed by atoms with van der Waals surface area (Å²) in [5.74, 6) is -1.02. The van der Waals surface area contributed by atoms with Crippen LogP contribution >= 0.6 is 11.6 Å². The van der Waals surface area contributed by atoms with Crippen LogP contribution in [0.5, 0.6) is 11.5 Å². The number of hydrazone groups is 1. The van der Waals surface area contributed by atoms with Crippen molar-refractivity contribution in [3.63, 3.8) is 0 Å². The lowest BCUT2D eigenvalue weighted by atomic mass is 9.85. The van der Waals surface area contributed by atoms with Crippen LogP contribution in [0.4, 0.5) is 0 Å². The van der Waals surface area contributed by atoms with E-state index in [1.807, 2.05) is 12.2 Å². The molecule has 2 aliphatic carbocycles. The first-order valence-electron chi connectivity index (χ1n) is 8.56. The predicted molar refractivity (Wildman–Crippen MR) is 96.5 cm³/mol. The number of ether oxygens (including phenoxy) is 2. The molecule has 0 radical (unpaired) electrons. The highest BCUT2D eigenvalue weighted by molar-refractivity contribution is 6.32. The van der Waals surface area contributed by atoms with Gasteiger partial charge in [-0.2, -0.15) is 10.1 Å². The van der Waals surface area contributed by atoms with Crippen molar-refractivity contribution in [2.75, 3.05) is 7.11 Å². The number of hydrogen-bond donors (Lipinski definition) is 0. The Hall–Kier alpha value is -2.67. The number of allylic oxidation sites excluding steroid dienone is 2. The molecule has 140 valence electrons. The van der Waals surface area contributed by atoms with E-state index in [0.29, 0.717) is 5.56 Å². The number of carbonyl (C=O) groups is 3. The molecule has 0 spiro atoms. The molecule has 2 bridgehead atoms. The first-order valence-corrected chi connectivity index (χ1v) is 8.94. The summed E-state index contributed by atoms with van der Waals surface area (Å²) in [7, 11) is 1.41. The third-order valence-corrected chi connectivity index (χ3v) is 5.55. The molecule has 2 amide bonds. The SMILES string of the molecule is COc1cc(C=NN2C(=O)C3C4C=CC(C4)C3C2=O)cc(Cl)c1OC(C)=O. The number of fused-ring (bicyclic) bond motifs is 5. The smallest absolute Gasteiger partial charge is 0.308 e. The first-order chi connectivity index (χ1) is 12.9. The number of methoxy groups -OCH3 is 1. The van der Waals surface area contributed by atoms with Gasteiger partial charge in [-0.05, 0) is 36.0 Å². The van der Waals surface area contributed by atoms with Gasteiger partial charge in [0.2, 0.25) is 0 Å². The number of rotatable bonds is 4. The fraction of sp³-hybridized carbons (Fsp3) is 0.368. The Morgan fingerprint density at radius 3 is 2.41 bits per heavy atom. The first kappa shape index (κ1) is 17.7. The maximum Gasteiger partial charge on any atom is 0.308 e. The van der Waals surface area contributed by atoms with Gasteiger partial charge in [0, 0.05) is 6.92 Å². The van der Waals surface area contributed by atoms with E-state index in [-0.39, 0.29) is 52.0 Å². The molecule has 1 aromatic carbocycles. The molecule has 0 aromatic heterocycles. The van der Waals surface area contributed by atoms with Gasteiger partial charge in [0.1, 0.15) is 0 Å². The van der Waals surface area contributed by atoms with E-state index in [1.54, 1.807) is 6.07 Å². The second-order valence-corrected chi connectivity index (χ2v) is 7.27. The van der Waals surface area contributed by atoms with Crippen molar-refractivity contribution in [1.29, 1.82) is 0 Å². The molecule has 4 atom stereocenters. The lowest BCUT2D eigenvalue weighted by molar-refractivity contribution is -0.140. The minimum Gasteiger partial charge on any atom is -0.493 e. The predicted octanol–water partition coefficient (Wildman–Crippen LogP) is 2.41. The van der Waals surface area contributed by atoms with Crippen molar-refractivity contribution in [2.24, 2.45) is 28.8 Å². The molecule has 1 aliphatic heterocycles. The van der Waals surface area contributed by atoms with Gasteiger partial charge >= 0.3 is 5.97 Å². The molecule has 7 nitrogen and oxygen atoms in total. The molecular weight excluding hydrogens is 372 g/mol. The molecule has 3 aliphatic rings. The minimum atomic E-state index is -0.528. The van der Waals surface area contributed by atoms with Crippen LogP contribution < -0.4 is 9.47 Å². The molecule has 4 unspecified atom stereocenters. The van der Waals surface area contributed by atoms with Gasteiger partial charge in [-0.25, -0.2) is 0 Å². The summed E-state index contributed by atoms with van der Waals surface area (Å²) >= 11 is 6.16. The quantitative estimate of drug-likeness (QED) is 0.260. The lowest BCUT2D eigenvalue weighted by Gasteiger charge is -2.13. The number of esters is 1. The Kier molecular flexibility index (Phi) is 4.26. The van der Waals surface area contributed by atoms with E-state index in [1.165, 1.54) is 26.3 Å². The van der Waals surface area contributed by atoms with Crippen LogP contribution in [0, 0.1) is 23.7 Å². The van der Waals surface area contributed by atoms with E-state index in [4.69, 9.17) is 21.1 Å². The zero-order chi connectivity index (χ0) is 19.3. The van der Waals surface area contributed by atoms with E-state index in [2.05, 4.69) is 5.10 Å². The Morgan fingerprint density at radius 2 is 1.85 bits per heavy atom. The van der Waals surface area contributed by atoms with E-state index < -0.39 is 5.97 Å². The summed E-state index contributed by atoms with van der Waals surface area (Å²) in [5.41, 5.74) is 0.506. The molecule has 4 rings (SSSR count). The van der Waals surface area contributed by atoms with Gasteiger partial charge in [0.15, 0.2) is 11.5 Å². The number of benzene rings is 1. The van der Waals surface area contributed by atoms with Crippen LogP contribution in [0.2, 0.25) is 5.02 Å². The average Bonchev–Trinajstić information content (AvgIpc) is 3.29. The second kappa shape index (κ2) is 6.49. The number of hydrogen-bond acceptors (Lipinski definition) is 6. The van der Waals surface area contributed by atoms with Gasteiger partial charge in [0.25, 0.3) is 11.8 Å². The van der Waals surface area contributed by atoms with Crippen LogP contribution in [-0.4, -0.2) is 36.1 Å². The number of carbonyl (C=O) groups excluding carboxylic acids is 3. The Labute approximate surface area is 160 Å². The third kappa shape index (κ3) is 2.82. The molecule has 1 saturated carbocycles. The molecule has 1 heterocycles. The van der Waals surface area contributed by atoms with Crippen molar-refractivity contribution in [3.8, 4) is 11.5 Å². The number of halogens is 1. The zero-order valence-corrected chi connectivity index (χ0v) is 15.5. The van der Waals surface area contributed by atoms with Gasteiger partial charge in [-0.15, -0.1) is 0 Å². The topological polar surface area (TPSA) is 85.3 Å². The van der Waals surface area contributed by atoms with E-state index >= 15 is 0 Å². The molecule has 1 saturated heterocycles. The average molecular weight is 389 g/mol. The highest BCUT2D eigenvalue weighted by Gasteiger charge is 2.59. The van der Waals surface area contributed by atoms with Crippen molar-refractivity contribution >= 4 is 35.6 Å². The summed E-state index contributed by atoms with van der Waals surface area (Å²) in [6.45, 7) is 1.26. The maximum atomic E-state index is 12.6. The van der Waals surface area contributed by atoms with Crippen molar-refractivity contribution < 1.29 is 23.9 Å². The highest BCUT2D eigenvalue weighted by atomic mass is 35.5. The minimum absolute atomic E-state index is 0.106. The van der Waals surface area contributed by atoms with Gasteiger partial charge in [0.05, 0.1) is 30.2 Å². The van der Waals surface area contributed by atoms with Gasteiger partial charge < -0.3 is 9.47 Å². The van der Waals surface area contributed by atoms with Crippen molar-refractivity contribution in [1.82, 2.24) is 5.01 Å². The fourth-order valence-electron chi connectivity index (χ4n) is 4.18. The molecular formula is C19H17ClN2O5. The van der Waals surface area contributed by atoms with Crippen LogP contribution in [0.25, 0.3) is 0 Å². The second-order valence-electron chi connectivity index (χ2n) is 6.86. The Balaban J connectivity index is 1.58. The number of amides is 2. The van der Waals surface area contributed by atoms with Gasteiger partial charge in [-0.3, -0.25) is 14.4 Å². The van der Waals surface area contributed by atoms with E-state index in [0.717, 1.165) is 11.4 Å². The molecule has 1 aromatic rings.